The van der Waals surface area contributed by atoms with Gasteiger partial charge in [-0.3, -0.25) is 9.59 Å². The summed E-state index contributed by atoms with van der Waals surface area (Å²) in [5, 5.41) is 2.31. The largest absolute Gasteiger partial charge is 0.383 e. The summed E-state index contributed by atoms with van der Waals surface area (Å²) in [6, 6.07) is 1.51. The first-order valence-corrected chi connectivity index (χ1v) is 4.77. The highest BCUT2D eigenvalue weighted by molar-refractivity contribution is 9.10. The second-order valence-electron chi connectivity index (χ2n) is 2.74. The molecule has 0 atom stereocenters. The van der Waals surface area contributed by atoms with E-state index in [2.05, 4.69) is 26.2 Å². The highest BCUT2D eigenvalue weighted by Gasteiger charge is 2.11. The second kappa shape index (κ2) is 4.74. The molecule has 0 fully saturated rings. The van der Waals surface area contributed by atoms with Crippen molar-refractivity contribution in [2.75, 3.05) is 12.3 Å². The third-order valence-electron chi connectivity index (χ3n) is 1.55. The van der Waals surface area contributed by atoms with E-state index in [0.717, 1.165) is 0 Å². The van der Waals surface area contributed by atoms with E-state index < -0.39 is 11.8 Å². The second-order valence-corrected chi connectivity index (χ2v) is 3.65. The fourth-order valence-corrected chi connectivity index (χ4v) is 1.23. The zero-order chi connectivity index (χ0) is 11.4. The molecule has 0 bridgehead atoms. The number of nitrogens with one attached hydrogen (secondary N) is 1. The molecule has 1 aromatic rings. The Bertz CT molecular complexity index is 408. The number of hydrogen-bond donors (Lipinski definition) is 3. The van der Waals surface area contributed by atoms with Crippen LogP contribution in [-0.4, -0.2) is 23.3 Å². The molecular formula is C8H9BrN4O2. The maximum absolute atomic E-state index is 11.5. The van der Waals surface area contributed by atoms with E-state index in [1.165, 1.54) is 12.3 Å². The molecule has 5 N–H and O–H groups in total. The summed E-state index contributed by atoms with van der Waals surface area (Å²) in [5.41, 5.74) is 10.6. The van der Waals surface area contributed by atoms with Gasteiger partial charge in [0, 0.05) is 10.7 Å². The topological polar surface area (TPSA) is 111 Å². The van der Waals surface area contributed by atoms with Crippen molar-refractivity contribution in [3.8, 4) is 0 Å². The molecule has 0 unspecified atom stereocenters. The monoisotopic (exact) mass is 272 g/mol. The van der Waals surface area contributed by atoms with Crippen molar-refractivity contribution >= 4 is 33.6 Å². The Balaban J connectivity index is 2.81. The number of primary amides is 1. The highest BCUT2D eigenvalue weighted by Crippen LogP contribution is 2.14. The van der Waals surface area contributed by atoms with E-state index in [1.54, 1.807) is 0 Å². The molecule has 1 rings (SSSR count). The van der Waals surface area contributed by atoms with Gasteiger partial charge in [-0.05, 0) is 22.0 Å². The van der Waals surface area contributed by atoms with Crippen LogP contribution in [0.2, 0.25) is 0 Å². The number of anilines is 1. The Labute approximate surface area is 94.2 Å². The number of aromatic nitrogens is 1. The first kappa shape index (κ1) is 11.4. The molecule has 80 valence electrons. The number of hydrogen-bond acceptors (Lipinski definition) is 4. The van der Waals surface area contributed by atoms with E-state index in [9.17, 15) is 9.59 Å². The Hall–Kier alpha value is -1.63. The van der Waals surface area contributed by atoms with Crippen molar-refractivity contribution in [2.24, 2.45) is 5.73 Å². The number of halogens is 1. The fourth-order valence-electron chi connectivity index (χ4n) is 0.894. The molecule has 0 aliphatic heterocycles. The van der Waals surface area contributed by atoms with Crippen LogP contribution in [0, 0.1) is 0 Å². The highest BCUT2D eigenvalue weighted by atomic mass is 79.9. The van der Waals surface area contributed by atoms with Gasteiger partial charge in [-0.2, -0.15) is 0 Å². The van der Waals surface area contributed by atoms with E-state index in [0.29, 0.717) is 4.47 Å². The molecule has 0 radical (unpaired) electrons. The minimum absolute atomic E-state index is 0.0974. The average Bonchev–Trinajstić information content (AvgIpc) is 2.18. The van der Waals surface area contributed by atoms with E-state index in [-0.39, 0.29) is 17.9 Å². The molecule has 0 aromatic carbocycles. The molecule has 0 aliphatic carbocycles. The van der Waals surface area contributed by atoms with Gasteiger partial charge >= 0.3 is 0 Å². The van der Waals surface area contributed by atoms with Crippen molar-refractivity contribution in [3.63, 3.8) is 0 Å². The van der Waals surface area contributed by atoms with E-state index in [1.807, 2.05) is 0 Å². The third kappa shape index (κ3) is 3.21. The van der Waals surface area contributed by atoms with Gasteiger partial charge in [0.05, 0.1) is 12.1 Å². The minimum Gasteiger partial charge on any atom is -0.383 e. The molecule has 6 nitrogen and oxygen atoms in total. The summed E-state index contributed by atoms with van der Waals surface area (Å²) in [7, 11) is 0. The molecule has 2 amide bonds. The van der Waals surface area contributed by atoms with Gasteiger partial charge in [0.2, 0.25) is 5.91 Å². The summed E-state index contributed by atoms with van der Waals surface area (Å²) in [6.07, 6.45) is 1.47. The fraction of sp³-hybridized carbons (Fsp3) is 0.125. The van der Waals surface area contributed by atoms with Gasteiger partial charge < -0.3 is 16.8 Å². The van der Waals surface area contributed by atoms with Crippen LogP contribution in [0.1, 0.15) is 10.4 Å². The molecule has 0 aliphatic rings. The number of carbonyl (C=O) groups excluding carboxylic acids is 2. The van der Waals surface area contributed by atoms with Gasteiger partial charge in [0.25, 0.3) is 5.91 Å². The lowest BCUT2D eigenvalue weighted by molar-refractivity contribution is -0.117. The van der Waals surface area contributed by atoms with E-state index in [4.69, 9.17) is 11.5 Å². The molecule has 1 heterocycles. The Kier molecular flexibility index (Phi) is 3.62. The number of rotatable bonds is 3. The minimum atomic E-state index is -0.620. The van der Waals surface area contributed by atoms with Gasteiger partial charge in [-0.15, -0.1) is 0 Å². The van der Waals surface area contributed by atoms with E-state index >= 15 is 0 Å². The first-order chi connectivity index (χ1) is 7.00. The van der Waals surface area contributed by atoms with Gasteiger partial charge in [-0.25, -0.2) is 4.98 Å². The van der Waals surface area contributed by atoms with Crippen LogP contribution in [0.3, 0.4) is 0 Å². The maximum atomic E-state index is 11.5. The van der Waals surface area contributed by atoms with Crippen LogP contribution in [0.5, 0.6) is 0 Å². The quantitative estimate of drug-likeness (QED) is 0.698. The summed E-state index contributed by atoms with van der Waals surface area (Å²) < 4.78 is 0.626. The van der Waals surface area contributed by atoms with Crippen LogP contribution in [0.25, 0.3) is 0 Å². The summed E-state index contributed by atoms with van der Waals surface area (Å²) in [4.78, 5) is 25.7. The van der Waals surface area contributed by atoms with Crippen LogP contribution < -0.4 is 16.8 Å². The number of amides is 2. The third-order valence-corrected chi connectivity index (χ3v) is 1.99. The number of pyridine rings is 1. The molecule has 0 spiro atoms. The summed E-state index contributed by atoms with van der Waals surface area (Å²) in [6.45, 7) is -0.231. The zero-order valence-electron chi connectivity index (χ0n) is 7.66. The SMILES string of the molecule is NC(=O)CNC(=O)c1cc(Br)cnc1N. The molecular weight excluding hydrogens is 264 g/mol. The lowest BCUT2D eigenvalue weighted by Gasteiger charge is -2.05. The van der Waals surface area contributed by atoms with Crippen LogP contribution >= 0.6 is 15.9 Å². The predicted octanol–water partition coefficient (Wildman–Crippen LogP) is -0.359. The predicted molar refractivity (Wildman–Crippen MR) is 57.9 cm³/mol. The van der Waals surface area contributed by atoms with Crippen LogP contribution in [0.15, 0.2) is 16.7 Å². The number of nitrogen functional groups attached to an aromatic ring is 1. The van der Waals surface area contributed by atoms with Crippen molar-refractivity contribution in [3.05, 3.63) is 22.3 Å². The Morgan fingerprint density at radius 3 is 2.80 bits per heavy atom. The Morgan fingerprint density at radius 2 is 2.20 bits per heavy atom. The number of nitrogens with zero attached hydrogens (tertiary/aromatic N) is 1. The van der Waals surface area contributed by atoms with Crippen molar-refractivity contribution < 1.29 is 9.59 Å². The van der Waals surface area contributed by atoms with Gasteiger partial charge in [0.1, 0.15) is 5.82 Å². The van der Waals surface area contributed by atoms with Gasteiger partial charge in [0.15, 0.2) is 0 Å². The lowest BCUT2D eigenvalue weighted by atomic mass is 10.2. The van der Waals surface area contributed by atoms with Gasteiger partial charge in [-0.1, -0.05) is 0 Å². The standard InChI is InChI=1S/C8H9BrN4O2/c9-4-1-5(7(11)12-2-4)8(15)13-3-6(10)14/h1-2H,3H2,(H2,10,14)(H2,11,12)(H,13,15). The molecule has 1 aromatic heterocycles. The molecule has 15 heavy (non-hydrogen) atoms. The van der Waals surface area contributed by atoms with Crippen LogP contribution in [0.4, 0.5) is 5.82 Å². The molecule has 0 saturated heterocycles. The van der Waals surface area contributed by atoms with Crippen molar-refractivity contribution in [1.29, 1.82) is 0 Å². The summed E-state index contributed by atoms with van der Waals surface area (Å²) in [5.74, 6) is -1.01. The Morgan fingerprint density at radius 1 is 1.53 bits per heavy atom. The normalized spacial score (nSPS) is 9.67. The van der Waals surface area contributed by atoms with Crippen LogP contribution in [-0.2, 0) is 4.79 Å². The smallest absolute Gasteiger partial charge is 0.255 e. The first-order valence-electron chi connectivity index (χ1n) is 3.98. The van der Waals surface area contributed by atoms with Crippen molar-refractivity contribution in [1.82, 2.24) is 10.3 Å². The van der Waals surface area contributed by atoms with Crippen molar-refractivity contribution in [2.45, 2.75) is 0 Å². The summed E-state index contributed by atoms with van der Waals surface area (Å²) >= 11 is 3.15. The lowest BCUT2D eigenvalue weighted by Crippen LogP contribution is -2.33. The maximum Gasteiger partial charge on any atom is 0.255 e. The number of carbonyl (C=O) groups is 2. The number of nitrogens with two attached hydrogens (primary N) is 2. The zero-order valence-corrected chi connectivity index (χ0v) is 9.24. The molecule has 0 saturated carbocycles. The average molecular weight is 273 g/mol. The molecule has 7 heteroatoms.